The van der Waals surface area contributed by atoms with Crippen molar-refractivity contribution in [3.63, 3.8) is 0 Å². The summed E-state index contributed by atoms with van der Waals surface area (Å²) in [5, 5.41) is 14.5. The van der Waals surface area contributed by atoms with Crippen LogP contribution in [0.4, 0.5) is 0 Å². The standard InChI is InChI=1S/C12H18N4OS/c1-4-6-16-7-5-13-12(16)10(17)11-9(8(2)3)14-15-18-11/h5,7-8,10,17H,4,6H2,1-3H3. The summed E-state index contributed by atoms with van der Waals surface area (Å²) in [5.74, 6) is 0.924. The highest BCUT2D eigenvalue weighted by Crippen LogP contribution is 2.29. The van der Waals surface area contributed by atoms with Crippen molar-refractivity contribution in [2.75, 3.05) is 0 Å². The molecule has 0 amide bonds. The average Bonchev–Trinajstić information content (AvgIpc) is 2.96. The molecule has 1 unspecified atom stereocenters. The van der Waals surface area contributed by atoms with Gasteiger partial charge in [-0.05, 0) is 23.9 Å². The summed E-state index contributed by atoms with van der Waals surface area (Å²) in [6.07, 6.45) is 3.89. The monoisotopic (exact) mass is 266 g/mol. The fourth-order valence-electron chi connectivity index (χ4n) is 1.91. The zero-order valence-corrected chi connectivity index (χ0v) is 11.7. The van der Waals surface area contributed by atoms with Crippen molar-refractivity contribution in [1.29, 1.82) is 0 Å². The van der Waals surface area contributed by atoms with Crippen LogP contribution in [0.3, 0.4) is 0 Å². The minimum absolute atomic E-state index is 0.253. The Labute approximate surface area is 111 Å². The van der Waals surface area contributed by atoms with E-state index in [-0.39, 0.29) is 5.92 Å². The maximum atomic E-state index is 10.5. The van der Waals surface area contributed by atoms with Crippen LogP contribution in [0.5, 0.6) is 0 Å². The largest absolute Gasteiger partial charge is 0.379 e. The number of aromatic nitrogens is 4. The van der Waals surface area contributed by atoms with E-state index >= 15 is 0 Å². The minimum atomic E-state index is -0.732. The highest BCUT2D eigenvalue weighted by molar-refractivity contribution is 7.05. The van der Waals surface area contributed by atoms with Crippen LogP contribution in [0.1, 0.15) is 55.6 Å². The van der Waals surface area contributed by atoms with Crippen LogP contribution in [0.2, 0.25) is 0 Å². The number of aliphatic hydroxyl groups is 1. The molecule has 2 aromatic heterocycles. The molecule has 2 heterocycles. The van der Waals surface area contributed by atoms with Crippen molar-refractivity contribution in [3.8, 4) is 0 Å². The second-order valence-corrected chi connectivity index (χ2v) is 5.34. The second-order valence-electron chi connectivity index (χ2n) is 4.56. The van der Waals surface area contributed by atoms with Gasteiger partial charge in [-0.15, -0.1) is 5.10 Å². The van der Waals surface area contributed by atoms with Crippen molar-refractivity contribution in [3.05, 3.63) is 28.8 Å². The van der Waals surface area contributed by atoms with Crippen molar-refractivity contribution in [2.45, 2.75) is 45.8 Å². The fraction of sp³-hybridized carbons (Fsp3) is 0.583. The molecule has 0 aliphatic rings. The highest BCUT2D eigenvalue weighted by atomic mass is 32.1. The van der Waals surface area contributed by atoms with Gasteiger partial charge < -0.3 is 9.67 Å². The second kappa shape index (κ2) is 5.58. The van der Waals surface area contributed by atoms with Crippen LogP contribution in [-0.2, 0) is 6.54 Å². The van der Waals surface area contributed by atoms with Gasteiger partial charge in [0, 0.05) is 18.9 Å². The summed E-state index contributed by atoms with van der Waals surface area (Å²) in [4.78, 5) is 5.05. The first-order valence-electron chi connectivity index (χ1n) is 6.16. The predicted molar refractivity (Wildman–Crippen MR) is 70.6 cm³/mol. The molecular weight excluding hydrogens is 248 g/mol. The molecule has 0 spiro atoms. The van der Waals surface area contributed by atoms with Crippen LogP contribution in [0, 0.1) is 0 Å². The Balaban J connectivity index is 2.32. The predicted octanol–water partition coefficient (Wildman–Crippen LogP) is 2.35. The Morgan fingerprint density at radius 3 is 2.89 bits per heavy atom. The van der Waals surface area contributed by atoms with E-state index in [0.717, 1.165) is 23.5 Å². The Kier molecular flexibility index (Phi) is 4.08. The molecule has 0 radical (unpaired) electrons. The normalized spacial score (nSPS) is 13.2. The van der Waals surface area contributed by atoms with Crippen LogP contribution < -0.4 is 0 Å². The van der Waals surface area contributed by atoms with Crippen LogP contribution in [0.25, 0.3) is 0 Å². The maximum Gasteiger partial charge on any atom is 0.149 e. The van der Waals surface area contributed by atoms with E-state index in [2.05, 4.69) is 21.5 Å². The Morgan fingerprint density at radius 2 is 2.22 bits per heavy atom. The lowest BCUT2D eigenvalue weighted by molar-refractivity contribution is 0.206. The summed E-state index contributed by atoms with van der Waals surface area (Å²) < 4.78 is 5.93. The Hall–Kier alpha value is -1.27. The van der Waals surface area contributed by atoms with Gasteiger partial charge in [-0.3, -0.25) is 0 Å². The summed E-state index contributed by atoms with van der Waals surface area (Å²) >= 11 is 1.25. The molecule has 5 nitrogen and oxygen atoms in total. The van der Waals surface area contributed by atoms with Gasteiger partial charge in [0.2, 0.25) is 0 Å². The smallest absolute Gasteiger partial charge is 0.149 e. The molecule has 0 saturated carbocycles. The summed E-state index contributed by atoms with van der Waals surface area (Å²) in [5.41, 5.74) is 0.860. The van der Waals surface area contributed by atoms with Gasteiger partial charge in [-0.25, -0.2) is 4.98 Å². The first-order chi connectivity index (χ1) is 8.65. The highest BCUT2D eigenvalue weighted by Gasteiger charge is 2.23. The number of rotatable bonds is 5. The fourth-order valence-corrected chi connectivity index (χ4v) is 2.70. The lowest BCUT2D eigenvalue weighted by atomic mass is 10.1. The summed E-state index contributed by atoms with van der Waals surface area (Å²) in [6, 6.07) is 0. The van der Waals surface area contributed by atoms with Crippen molar-refractivity contribution in [1.82, 2.24) is 19.1 Å². The third-order valence-electron chi connectivity index (χ3n) is 2.79. The Bertz CT molecular complexity index is 506. The third-order valence-corrected chi connectivity index (χ3v) is 3.58. The molecule has 2 rings (SSSR count). The van der Waals surface area contributed by atoms with Crippen LogP contribution in [0.15, 0.2) is 12.4 Å². The first kappa shape index (κ1) is 13.2. The van der Waals surface area contributed by atoms with Crippen LogP contribution >= 0.6 is 11.5 Å². The summed E-state index contributed by atoms with van der Waals surface area (Å²) in [7, 11) is 0. The number of hydrogen-bond acceptors (Lipinski definition) is 5. The molecule has 0 aromatic carbocycles. The van der Waals surface area contributed by atoms with Crippen molar-refractivity contribution < 1.29 is 5.11 Å². The molecule has 0 bridgehead atoms. The maximum absolute atomic E-state index is 10.5. The Morgan fingerprint density at radius 1 is 1.44 bits per heavy atom. The molecule has 98 valence electrons. The number of aliphatic hydroxyl groups excluding tert-OH is 1. The zero-order valence-electron chi connectivity index (χ0n) is 10.9. The number of hydrogen-bond donors (Lipinski definition) is 1. The molecule has 1 N–H and O–H groups in total. The van der Waals surface area contributed by atoms with Gasteiger partial charge >= 0.3 is 0 Å². The lowest BCUT2D eigenvalue weighted by Gasteiger charge is -2.13. The van der Waals surface area contributed by atoms with E-state index in [0.29, 0.717) is 5.82 Å². The summed E-state index contributed by atoms with van der Waals surface area (Å²) in [6.45, 7) is 7.05. The van der Waals surface area contributed by atoms with Gasteiger partial charge in [0.05, 0.1) is 10.6 Å². The molecule has 18 heavy (non-hydrogen) atoms. The van der Waals surface area contributed by atoms with Gasteiger partial charge in [0.15, 0.2) is 0 Å². The first-order valence-corrected chi connectivity index (χ1v) is 6.93. The molecule has 0 fully saturated rings. The van der Waals surface area contributed by atoms with Gasteiger partial charge in [0.25, 0.3) is 0 Å². The number of aryl methyl sites for hydroxylation is 1. The average molecular weight is 266 g/mol. The number of imidazole rings is 1. The zero-order chi connectivity index (χ0) is 13.1. The minimum Gasteiger partial charge on any atom is -0.379 e. The van der Waals surface area contributed by atoms with Gasteiger partial charge in [-0.2, -0.15) is 0 Å². The van der Waals surface area contributed by atoms with E-state index < -0.39 is 6.10 Å². The third kappa shape index (κ3) is 2.44. The molecule has 0 saturated heterocycles. The van der Waals surface area contributed by atoms with E-state index in [1.165, 1.54) is 11.5 Å². The lowest BCUT2D eigenvalue weighted by Crippen LogP contribution is -2.10. The van der Waals surface area contributed by atoms with E-state index in [4.69, 9.17) is 0 Å². The SMILES string of the molecule is CCCn1ccnc1C(O)c1snnc1C(C)C. The van der Waals surface area contributed by atoms with Crippen LogP contribution in [-0.4, -0.2) is 24.2 Å². The molecule has 0 aliphatic carbocycles. The molecule has 6 heteroatoms. The molecule has 2 aromatic rings. The van der Waals surface area contributed by atoms with E-state index in [9.17, 15) is 5.11 Å². The topological polar surface area (TPSA) is 63.8 Å². The molecule has 0 aliphatic heterocycles. The molecule has 1 atom stereocenters. The number of nitrogens with zero attached hydrogens (tertiary/aromatic N) is 4. The quantitative estimate of drug-likeness (QED) is 0.902. The molecular formula is C12H18N4OS. The van der Waals surface area contributed by atoms with E-state index in [1.54, 1.807) is 6.20 Å². The van der Waals surface area contributed by atoms with Gasteiger partial charge in [0.1, 0.15) is 11.9 Å². The van der Waals surface area contributed by atoms with E-state index in [1.807, 2.05) is 24.6 Å². The van der Waals surface area contributed by atoms with Crippen molar-refractivity contribution in [2.24, 2.45) is 0 Å². The van der Waals surface area contributed by atoms with Gasteiger partial charge in [-0.1, -0.05) is 25.3 Å². The van der Waals surface area contributed by atoms with Crippen molar-refractivity contribution >= 4 is 11.5 Å².